The van der Waals surface area contributed by atoms with Crippen molar-refractivity contribution in [2.24, 2.45) is 0 Å². The number of fused-ring (bicyclic) bond motifs is 1. The Morgan fingerprint density at radius 1 is 1.26 bits per heavy atom. The van der Waals surface area contributed by atoms with Gasteiger partial charge in [0.15, 0.2) is 0 Å². The van der Waals surface area contributed by atoms with E-state index in [2.05, 4.69) is 11.1 Å². The molecule has 0 unspecified atom stereocenters. The molecule has 23 heavy (non-hydrogen) atoms. The van der Waals surface area contributed by atoms with Gasteiger partial charge >= 0.3 is 0 Å². The molecule has 4 nitrogen and oxygen atoms in total. The average Bonchev–Trinajstić information content (AvgIpc) is 3.00. The minimum absolute atomic E-state index is 0.218. The fourth-order valence-corrected chi connectivity index (χ4v) is 2.47. The van der Waals surface area contributed by atoms with Crippen LogP contribution in [0.4, 0.5) is 4.39 Å². The smallest absolute Gasteiger partial charge is 0.270 e. The van der Waals surface area contributed by atoms with E-state index in [1.165, 1.54) is 12.1 Å². The van der Waals surface area contributed by atoms with Crippen LogP contribution in [0.3, 0.4) is 0 Å². The van der Waals surface area contributed by atoms with Gasteiger partial charge in [0, 0.05) is 24.5 Å². The van der Waals surface area contributed by atoms with Gasteiger partial charge in [-0.05, 0) is 35.9 Å². The number of nitrogens with one attached hydrogen (secondary N) is 1. The van der Waals surface area contributed by atoms with Crippen LogP contribution in [0, 0.1) is 17.1 Å². The molecule has 5 heteroatoms. The second-order valence-corrected chi connectivity index (χ2v) is 5.35. The van der Waals surface area contributed by atoms with Crippen molar-refractivity contribution in [3.05, 3.63) is 71.2 Å². The van der Waals surface area contributed by atoms with Crippen molar-refractivity contribution in [2.75, 3.05) is 7.05 Å². The lowest BCUT2D eigenvalue weighted by atomic mass is 10.1. The van der Waals surface area contributed by atoms with Gasteiger partial charge in [0.2, 0.25) is 0 Å². The number of aromatic nitrogens is 1. The number of carbonyl (C=O) groups is 1. The van der Waals surface area contributed by atoms with Crippen LogP contribution in [0.25, 0.3) is 10.9 Å². The van der Waals surface area contributed by atoms with Crippen LogP contribution in [0.5, 0.6) is 0 Å². The second-order valence-electron chi connectivity index (χ2n) is 5.35. The zero-order chi connectivity index (χ0) is 16.4. The number of rotatable bonds is 3. The molecule has 3 aromatic rings. The van der Waals surface area contributed by atoms with Crippen molar-refractivity contribution < 1.29 is 9.18 Å². The van der Waals surface area contributed by atoms with Crippen molar-refractivity contribution in [3.63, 3.8) is 0 Å². The number of aromatic amines is 1. The van der Waals surface area contributed by atoms with Crippen molar-refractivity contribution in [1.29, 1.82) is 5.26 Å². The fraction of sp³-hybridized carbons (Fsp3) is 0.111. The van der Waals surface area contributed by atoms with Gasteiger partial charge in [0.25, 0.3) is 5.91 Å². The lowest BCUT2D eigenvalue weighted by Gasteiger charge is -2.16. The Hall–Kier alpha value is -3.13. The average molecular weight is 307 g/mol. The third kappa shape index (κ3) is 2.92. The molecule has 0 bridgehead atoms. The zero-order valence-corrected chi connectivity index (χ0v) is 12.5. The highest BCUT2D eigenvalue weighted by atomic mass is 19.1. The molecule has 0 aliphatic heterocycles. The molecule has 0 aliphatic rings. The maximum atomic E-state index is 13.7. The Bertz CT molecular complexity index is 906. The molecule has 114 valence electrons. The number of nitrogens with zero attached hydrogens (tertiary/aromatic N) is 2. The predicted molar refractivity (Wildman–Crippen MR) is 85.2 cm³/mol. The first-order chi connectivity index (χ1) is 11.1. The van der Waals surface area contributed by atoms with Gasteiger partial charge < -0.3 is 9.88 Å². The number of nitriles is 1. The summed E-state index contributed by atoms with van der Waals surface area (Å²) in [6, 6.07) is 15.3. The highest BCUT2D eigenvalue weighted by Gasteiger charge is 2.16. The van der Waals surface area contributed by atoms with Gasteiger partial charge in [-0.1, -0.05) is 18.2 Å². The van der Waals surface area contributed by atoms with Crippen molar-refractivity contribution in [1.82, 2.24) is 9.88 Å². The monoisotopic (exact) mass is 307 g/mol. The summed E-state index contributed by atoms with van der Waals surface area (Å²) < 4.78 is 13.7. The molecular formula is C18H14FN3O. The van der Waals surface area contributed by atoms with Gasteiger partial charge in [-0.2, -0.15) is 5.26 Å². The molecule has 2 aromatic carbocycles. The first-order valence-corrected chi connectivity index (χ1v) is 7.10. The van der Waals surface area contributed by atoms with Gasteiger partial charge in [-0.25, -0.2) is 4.39 Å². The Balaban J connectivity index is 1.80. The second kappa shape index (κ2) is 5.93. The van der Waals surface area contributed by atoms with Crippen LogP contribution in [0.15, 0.2) is 48.5 Å². The first kappa shape index (κ1) is 14.8. The number of hydrogen-bond donors (Lipinski definition) is 1. The predicted octanol–water partition coefficient (Wildman–Crippen LogP) is 3.45. The first-order valence-electron chi connectivity index (χ1n) is 7.10. The van der Waals surface area contributed by atoms with E-state index < -0.39 is 0 Å². The minimum Gasteiger partial charge on any atom is -0.350 e. The molecule has 3 rings (SSSR count). The number of hydrogen-bond acceptors (Lipinski definition) is 2. The molecule has 1 heterocycles. The summed E-state index contributed by atoms with van der Waals surface area (Å²) >= 11 is 0. The van der Waals surface area contributed by atoms with Gasteiger partial charge in [-0.3, -0.25) is 4.79 Å². The van der Waals surface area contributed by atoms with Crippen LogP contribution in [-0.4, -0.2) is 22.8 Å². The minimum atomic E-state index is -0.354. The normalized spacial score (nSPS) is 10.5. The lowest BCUT2D eigenvalue weighted by Crippen LogP contribution is -2.26. The van der Waals surface area contributed by atoms with Crippen molar-refractivity contribution in [3.8, 4) is 6.07 Å². The molecule has 1 amide bonds. The third-order valence-corrected chi connectivity index (χ3v) is 3.69. The van der Waals surface area contributed by atoms with E-state index in [9.17, 15) is 9.18 Å². The molecule has 0 atom stereocenters. The summed E-state index contributed by atoms with van der Waals surface area (Å²) in [4.78, 5) is 17.0. The number of halogens is 1. The topological polar surface area (TPSA) is 59.9 Å². The van der Waals surface area contributed by atoms with Crippen LogP contribution in [0.2, 0.25) is 0 Å². The molecule has 1 N–H and O–H groups in total. The van der Waals surface area contributed by atoms with Crippen molar-refractivity contribution in [2.45, 2.75) is 6.54 Å². The van der Waals surface area contributed by atoms with Crippen molar-refractivity contribution >= 4 is 16.8 Å². The van der Waals surface area contributed by atoms with E-state index in [0.29, 0.717) is 28.7 Å². The van der Waals surface area contributed by atoms with Gasteiger partial charge in [0.1, 0.15) is 11.5 Å². The van der Waals surface area contributed by atoms with Crippen LogP contribution in [0.1, 0.15) is 21.6 Å². The molecule has 0 saturated carbocycles. The fourth-order valence-electron chi connectivity index (χ4n) is 2.47. The van der Waals surface area contributed by atoms with E-state index in [1.807, 2.05) is 12.1 Å². The molecule has 0 spiro atoms. The number of amides is 1. The Morgan fingerprint density at radius 2 is 2.00 bits per heavy atom. The summed E-state index contributed by atoms with van der Waals surface area (Å²) in [5, 5.41) is 9.19. The third-order valence-electron chi connectivity index (χ3n) is 3.69. The molecule has 0 radical (unpaired) electrons. The van der Waals surface area contributed by atoms with Crippen LogP contribution in [-0.2, 0) is 6.54 Å². The maximum absolute atomic E-state index is 13.7. The molecule has 1 aromatic heterocycles. The highest BCUT2D eigenvalue weighted by molar-refractivity contribution is 5.98. The Kier molecular flexibility index (Phi) is 3.82. The zero-order valence-electron chi connectivity index (χ0n) is 12.5. The summed E-state index contributed by atoms with van der Waals surface area (Å²) in [5.41, 5.74) is 2.44. The van der Waals surface area contributed by atoms with E-state index in [0.717, 1.165) is 5.56 Å². The Labute approximate surface area is 132 Å². The number of benzene rings is 2. The van der Waals surface area contributed by atoms with E-state index >= 15 is 0 Å². The van der Waals surface area contributed by atoms with Crippen LogP contribution >= 0.6 is 0 Å². The van der Waals surface area contributed by atoms with Crippen LogP contribution < -0.4 is 0 Å². The number of H-pyrrole nitrogens is 1. The van der Waals surface area contributed by atoms with Gasteiger partial charge in [-0.15, -0.1) is 0 Å². The largest absolute Gasteiger partial charge is 0.350 e. The van der Waals surface area contributed by atoms with E-state index in [4.69, 9.17) is 5.26 Å². The Morgan fingerprint density at radius 3 is 2.65 bits per heavy atom. The quantitative estimate of drug-likeness (QED) is 0.805. The maximum Gasteiger partial charge on any atom is 0.270 e. The SMILES string of the molecule is CN(Cc1ccc(C#N)cc1)C(=O)c1cc2c(F)cccc2[nH]1. The molecular weight excluding hydrogens is 293 g/mol. The molecule has 0 saturated heterocycles. The standard InChI is InChI=1S/C18H14FN3O/c1-22(11-13-7-5-12(10-20)6-8-13)18(23)17-9-14-15(19)3-2-4-16(14)21-17/h2-9,21H,11H2,1H3. The summed E-state index contributed by atoms with van der Waals surface area (Å²) in [7, 11) is 1.68. The van der Waals surface area contributed by atoms with E-state index in [-0.39, 0.29) is 11.7 Å². The molecule has 0 fully saturated rings. The summed E-state index contributed by atoms with van der Waals surface area (Å²) in [6.45, 7) is 0.405. The highest BCUT2D eigenvalue weighted by Crippen LogP contribution is 2.20. The summed E-state index contributed by atoms with van der Waals surface area (Å²) in [5.74, 6) is -0.572. The van der Waals surface area contributed by atoms with E-state index in [1.54, 1.807) is 36.2 Å². The lowest BCUT2D eigenvalue weighted by molar-refractivity contribution is 0.0780. The molecule has 0 aliphatic carbocycles. The van der Waals surface area contributed by atoms with Gasteiger partial charge in [0.05, 0.1) is 11.6 Å². The summed E-state index contributed by atoms with van der Waals surface area (Å²) in [6.07, 6.45) is 0. The number of carbonyl (C=O) groups excluding carboxylic acids is 1.